The van der Waals surface area contributed by atoms with Gasteiger partial charge in [0.15, 0.2) is 11.5 Å². The fourth-order valence-electron chi connectivity index (χ4n) is 2.33. The normalized spacial score (nSPS) is 10.2. The molecule has 0 spiro atoms. The van der Waals surface area contributed by atoms with E-state index in [-0.39, 0.29) is 12.5 Å². The quantitative estimate of drug-likeness (QED) is 0.762. The molecule has 0 atom stereocenters. The lowest BCUT2D eigenvalue weighted by Crippen LogP contribution is -2.37. The molecule has 0 aliphatic heterocycles. The van der Waals surface area contributed by atoms with Crippen molar-refractivity contribution in [2.45, 2.75) is 6.54 Å². The number of hydrogen-bond donors (Lipinski definition) is 1. The molecule has 2 amide bonds. The average Bonchev–Trinajstić information content (AvgIpc) is 3.17. The zero-order chi connectivity index (χ0) is 19.1. The lowest BCUT2D eigenvalue weighted by atomic mass is 10.1. The van der Waals surface area contributed by atoms with E-state index in [0.717, 1.165) is 4.88 Å². The molecule has 1 heterocycles. The molecule has 8 heteroatoms. The van der Waals surface area contributed by atoms with Crippen LogP contribution in [0.3, 0.4) is 0 Å². The summed E-state index contributed by atoms with van der Waals surface area (Å²) in [6, 6.07) is 6.97. The number of thiophene rings is 1. The van der Waals surface area contributed by atoms with Crippen molar-refractivity contribution >= 4 is 23.2 Å². The van der Waals surface area contributed by atoms with E-state index in [1.807, 2.05) is 17.5 Å². The molecule has 1 aromatic carbocycles. The van der Waals surface area contributed by atoms with E-state index in [0.29, 0.717) is 29.4 Å². The van der Waals surface area contributed by atoms with Crippen LogP contribution in [0.4, 0.5) is 0 Å². The number of nitrogens with zero attached hydrogens (tertiary/aromatic N) is 1. The Bertz CT molecular complexity index is 736. The summed E-state index contributed by atoms with van der Waals surface area (Å²) in [6.45, 7) is 0.411. The summed E-state index contributed by atoms with van der Waals surface area (Å²) in [5, 5.41) is 4.58. The van der Waals surface area contributed by atoms with E-state index < -0.39 is 5.91 Å². The van der Waals surface area contributed by atoms with E-state index in [2.05, 4.69) is 5.32 Å². The van der Waals surface area contributed by atoms with Crippen molar-refractivity contribution in [1.29, 1.82) is 0 Å². The Morgan fingerprint density at radius 3 is 2.27 bits per heavy atom. The van der Waals surface area contributed by atoms with Gasteiger partial charge in [0.05, 0.1) is 34.4 Å². The maximum atomic E-state index is 12.4. The lowest BCUT2D eigenvalue weighted by molar-refractivity contribution is -0.129. The minimum Gasteiger partial charge on any atom is -0.493 e. The number of ether oxygens (including phenoxy) is 3. The van der Waals surface area contributed by atoms with Gasteiger partial charge in [-0.3, -0.25) is 9.59 Å². The Morgan fingerprint density at radius 2 is 1.77 bits per heavy atom. The first-order valence-electron chi connectivity index (χ1n) is 7.84. The van der Waals surface area contributed by atoms with E-state index in [1.165, 1.54) is 33.5 Å². The van der Waals surface area contributed by atoms with Crippen LogP contribution in [0.15, 0.2) is 29.6 Å². The standard InChI is InChI=1S/C18H22N2O5S/c1-20(11-13-6-5-7-26-13)16(21)10-19-18(22)12-8-14(23-2)17(25-4)15(9-12)24-3/h5-9H,10-11H2,1-4H3,(H,19,22). The number of benzene rings is 1. The van der Waals surface area contributed by atoms with E-state index in [1.54, 1.807) is 23.3 Å². The van der Waals surface area contributed by atoms with Gasteiger partial charge in [0, 0.05) is 17.5 Å². The molecule has 26 heavy (non-hydrogen) atoms. The van der Waals surface area contributed by atoms with Gasteiger partial charge in [-0.1, -0.05) is 6.07 Å². The van der Waals surface area contributed by atoms with Gasteiger partial charge in [0.25, 0.3) is 5.91 Å². The smallest absolute Gasteiger partial charge is 0.251 e. The minimum absolute atomic E-state index is 0.0998. The Hall–Kier alpha value is -2.74. The number of hydrogen-bond acceptors (Lipinski definition) is 6. The second-order valence-corrected chi connectivity index (χ2v) is 6.46. The highest BCUT2D eigenvalue weighted by Crippen LogP contribution is 2.38. The van der Waals surface area contributed by atoms with Gasteiger partial charge in [-0.15, -0.1) is 11.3 Å². The molecule has 7 nitrogen and oxygen atoms in total. The van der Waals surface area contributed by atoms with Gasteiger partial charge in [-0.05, 0) is 23.6 Å². The summed E-state index contributed by atoms with van der Waals surface area (Å²) in [5.41, 5.74) is 0.313. The maximum absolute atomic E-state index is 12.4. The summed E-state index contributed by atoms with van der Waals surface area (Å²) in [5.74, 6) is 0.566. The monoisotopic (exact) mass is 378 g/mol. The molecule has 0 saturated heterocycles. The average molecular weight is 378 g/mol. The van der Waals surface area contributed by atoms with Crippen LogP contribution in [0.1, 0.15) is 15.2 Å². The Kier molecular flexibility index (Phi) is 6.85. The van der Waals surface area contributed by atoms with Crippen molar-refractivity contribution in [3.8, 4) is 17.2 Å². The van der Waals surface area contributed by atoms with E-state index >= 15 is 0 Å². The highest BCUT2D eigenvalue weighted by atomic mass is 32.1. The summed E-state index contributed by atoms with van der Waals surface area (Å²) >= 11 is 1.58. The van der Waals surface area contributed by atoms with Crippen molar-refractivity contribution in [3.63, 3.8) is 0 Å². The van der Waals surface area contributed by atoms with Crippen LogP contribution in [-0.4, -0.2) is 51.6 Å². The Labute approximate surface area is 156 Å². The molecule has 1 N–H and O–H groups in total. The number of methoxy groups -OCH3 is 3. The van der Waals surface area contributed by atoms with Crippen molar-refractivity contribution in [1.82, 2.24) is 10.2 Å². The number of amides is 2. The molecule has 0 aliphatic rings. The molecule has 0 unspecified atom stereocenters. The number of likely N-dealkylation sites (N-methyl/N-ethyl adjacent to an activating group) is 1. The molecule has 1 aromatic heterocycles. The third-order valence-corrected chi connectivity index (χ3v) is 4.59. The summed E-state index contributed by atoms with van der Waals surface area (Å²) < 4.78 is 15.7. The number of rotatable bonds is 8. The van der Waals surface area contributed by atoms with Crippen molar-refractivity contribution in [2.24, 2.45) is 0 Å². The van der Waals surface area contributed by atoms with Gasteiger partial charge >= 0.3 is 0 Å². The molecule has 0 saturated carbocycles. The topological polar surface area (TPSA) is 77.1 Å². The van der Waals surface area contributed by atoms with Gasteiger partial charge < -0.3 is 24.4 Å². The molecule has 0 aliphatic carbocycles. The fourth-order valence-corrected chi connectivity index (χ4v) is 3.09. The first kappa shape index (κ1) is 19.6. The van der Waals surface area contributed by atoms with Crippen LogP contribution >= 0.6 is 11.3 Å². The molecule has 0 radical (unpaired) electrons. The zero-order valence-corrected chi connectivity index (χ0v) is 16.0. The second kappa shape index (κ2) is 9.10. The molecular formula is C18H22N2O5S. The summed E-state index contributed by atoms with van der Waals surface area (Å²) in [6.07, 6.45) is 0. The molecule has 0 fully saturated rings. The molecule has 140 valence electrons. The Morgan fingerprint density at radius 1 is 1.12 bits per heavy atom. The van der Waals surface area contributed by atoms with Crippen LogP contribution in [0.5, 0.6) is 17.2 Å². The predicted molar refractivity (Wildman–Crippen MR) is 99.2 cm³/mol. The highest BCUT2D eigenvalue weighted by Gasteiger charge is 2.18. The largest absolute Gasteiger partial charge is 0.493 e. The number of carbonyl (C=O) groups excluding carboxylic acids is 2. The van der Waals surface area contributed by atoms with Gasteiger partial charge in [-0.25, -0.2) is 0 Å². The zero-order valence-electron chi connectivity index (χ0n) is 15.2. The van der Waals surface area contributed by atoms with Gasteiger partial charge in [0.1, 0.15) is 0 Å². The van der Waals surface area contributed by atoms with Gasteiger partial charge in [-0.2, -0.15) is 0 Å². The summed E-state index contributed by atoms with van der Waals surface area (Å²) in [7, 11) is 6.14. The van der Waals surface area contributed by atoms with Crippen LogP contribution in [-0.2, 0) is 11.3 Å². The second-order valence-electron chi connectivity index (χ2n) is 5.43. The SMILES string of the molecule is COc1cc(C(=O)NCC(=O)N(C)Cc2cccs2)cc(OC)c1OC. The number of nitrogens with one attached hydrogen (secondary N) is 1. The lowest BCUT2D eigenvalue weighted by Gasteiger charge is -2.17. The molecule has 2 rings (SSSR count). The first-order valence-corrected chi connectivity index (χ1v) is 8.72. The van der Waals surface area contributed by atoms with E-state index in [4.69, 9.17) is 14.2 Å². The highest BCUT2D eigenvalue weighted by molar-refractivity contribution is 7.09. The van der Waals surface area contributed by atoms with Crippen LogP contribution in [0.2, 0.25) is 0 Å². The van der Waals surface area contributed by atoms with Crippen molar-refractivity contribution in [3.05, 3.63) is 40.1 Å². The van der Waals surface area contributed by atoms with Crippen LogP contribution < -0.4 is 19.5 Å². The third-order valence-electron chi connectivity index (χ3n) is 3.73. The van der Waals surface area contributed by atoms with Crippen LogP contribution in [0, 0.1) is 0 Å². The van der Waals surface area contributed by atoms with E-state index in [9.17, 15) is 9.59 Å². The van der Waals surface area contributed by atoms with Crippen LogP contribution in [0.25, 0.3) is 0 Å². The molecule has 0 bridgehead atoms. The van der Waals surface area contributed by atoms with Crippen molar-refractivity contribution < 1.29 is 23.8 Å². The molecule has 2 aromatic rings. The van der Waals surface area contributed by atoms with Gasteiger partial charge in [0.2, 0.25) is 11.7 Å². The molecular weight excluding hydrogens is 356 g/mol. The van der Waals surface area contributed by atoms with Crippen molar-refractivity contribution in [2.75, 3.05) is 34.9 Å². The Balaban J connectivity index is 2.02. The number of carbonyl (C=O) groups is 2. The minimum atomic E-state index is -0.401. The third kappa shape index (κ3) is 4.66. The maximum Gasteiger partial charge on any atom is 0.251 e. The first-order chi connectivity index (χ1) is 12.5. The summed E-state index contributed by atoms with van der Waals surface area (Å²) in [4.78, 5) is 27.2. The predicted octanol–water partition coefficient (Wildman–Crippen LogP) is 2.16. The fraction of sp³-hybridized carbons (Fsp3) is 0.333.